The second-order valence-corrected chi connectivity index (χ2v) is 6.25. The molecule has 164 valence electrons. The van der Waals surface area contributed by atoms with Gasteiger partial charge < -0.3 is 9.47 Å². The molecule has 0 atom stereocenters. The quantitative estimate of drug-likeness (QED) is 0.241. The van der Waals surface area contributed by atoms with Gasteiger partial charge in [-0.1, -0.05) is 29.8 Å². The molecule has 2 aromatic rings. The lowest BCUT2D eigenvalue weighted by molar-refractivity contribution is -0.361. The highest BCUT2D eigenvalue weighted by atomic mass is 35.5. The molecule has 0 aromatic heterocycles. The van der Waals surface area contributed by atoms with Crippen LogP contribution in [0.5, 0.6) is 11.5 Å². The van der Waals surface area contributed by atoms with Gasteiger partial charge in [-0.05, 0) is 29.8 Å². The first-order valence-corrected chi connectivity index (χ1v) is 8.43. The molecule has 0 unspecified atom stereocenters. The van der Waals surface area contributed by atoms with Crippen molar-refractivity contribution < 1.29 is 40.2 Å². The number of benzene rings is 2. The van der Waals surface area contributed by atoms with Crippen LogP contribution in [-0.4, -0.2) is 31.5 Å². The highest BCUT2D eigenvalue weighted by molar-refractivity contribution is 6.30. The summed E-state index contributed by atoms with van der Waals surface area (Å²) >= 11 is 5.87. The monoisotopic (exact) mass is 458 g/mol. The lowest BCUT2D eigenvalue weighted by Crippen LogP contribution is -2.58. The molecule has 2 aromatic carbocycles. The van der Waals surface area contributed by atoms with Crippen LogP contribution in [0.25, 0.3) is 0 Å². The summed E-state index contributed by atoms with van der Waals surface area (Å²) in [5, 5.41) is 3.28. The van der Waals surface area contributed by atoms with Crippen LogP contribution in [0, 0.1) is 0 Å². The van der Waals surface area contributed by atoms with Crippen LogP contribution in [0.4, 0.5) is 30.7 Å². The van der Waals surface area contributed by atoms with Gasteiger partial charge in [0.2, 0.25) is 0 Å². The van der Waals surface area contributed by atoms with Gasteiger partial charge in [-0.3, -0.25) is 0 Å². The minimum absolute atomic E-state index is 0.00331. The van der Waals surface area contributed by atoms with E-state index in [0.29, 0.717) is 22.2 Å². The number of halogens is 8. The molecule has 2 rings (SSSR count). The van der Waals surface area contributed by atoms with Crippen molar-refractivity contribution >= 4 is 17.8 Å². The smallest absolute Gasteiger partial charge is 0.462 e. The Kier molecular flexibility index (Phi) is 7.06. The third kappa shape index (κ3) is 5.26. The Balaban J connectivity index is 2.23. The first-order valence-electron chi connectivity index (χ1n) is 8.06. The average molecular weight is 459 g/mol. The molecule has 0 aliphatic rings. The molecular weight excluding hydrogens is 445 g/mol. The number of methoxy groups -OCH3 is 1. The zero-order valence-corrected chi connectivity index (χ0v) is 15.9. The third-order valence-corrected chi connectivity index (χ3v) is 3.90. The van der Waals surface area contributed by atoms with Crippen LogP contribution < -0.4 is 14.9 Å². The van der Waals surface area contributed by atoms with E-state index in [2.05, 4.69) is 5.10 Å². The van der Waals surface area contributed by atoms with Crippen LogP contribution in [0.1, 0.15) is 11.1 Å². The van der Waals surface area contributed by atoms with E-state index in [9.17, 15) is 30.7 Å². The molecule has 0 aliphatic carbocycles. The van der Waals surface area contributed by atoms with Gasteiger partial charge in [-0.2, -0.15) is 35.8 Å². The first kappa shape index (κ1) is 23.6. The Morgan fingerprint density at radius 3 is 2.30 bits per heavy atom. The lowest BCUT2D eigenvalue weighted by Gasteiger charge is -2.27. The predicted molar refractivity (Wildman–Crippen MR) is 95.5 cm³/mol. The summed E-state index contributed by atoms with van der Waals surface area (Å²) in [6.45, 7) is -0.0303. The second kappa shape index (κ2) is 8.99. The maximum absolute atomic E-state index is 13.3. The second-order valence-electron chi connectivity index (χ2n) is 5.81. The van der Waals surface area contributed by atoms with Crippen molar-refractivity contribution in [1.29, 1.82) is 0 Å². The number of rotatable bonds is 8. The van der Waals surface area contributed by atoms with E-state index >= 15 is 0 Å². The molecule has 0 radical (unpaired) electrons. The Hall–Kier alpha value is -2.69. The van der Waals surface area contributed by atoms with Crippen molar-refractivity contribution in [2.75, 3.05) is 7.11 Å². The van der Waals surface area contributed by atoms with Gasteiger partial charge >= 0.3 is 18.1 Å². The van der Waals surface area contributed by atoms with Gasteiger partial charge in [0, 0.05) is 10.6 Å². The van der Waals surface area contributed by atoms with E-state index in [1.54, 1.807) is 24.3 Å². The Bertz CT molecular complexity index is 904. The van der Waals surface area contributed by atoms with Crippen molar-refractivity contribution in [2.45, 2.75) is 24.8 Å². The average Bonchev–Trinajstić information content (AvgIpc) is 2.65. The van der Waals surface area contributed by atoms with Crippen molar-refractivity contribution in [2.24, 2.45) is 5.10 Å². The summed E-state index contributed by atoms with van der Waals surface area (Å²) in [6.07, 6.45) is -5.86. The van der Waals surface area contributed by atoms with Gasteiger partial charge in [0.1, 0.15) is 6.61 Å². The van der Waals surface area contributed by atoms with Crippen molar-refractivity contribution in [1.82, 2.24) is 5.43 Å². The molecule has 12 heteroatoms. The van der Waals surface area contributed by atoms with Gasteiger partial charge in [0.15, 0.2) is 11.5 Å². The maximum Gasteiger partial charge on any atom is 0.462 e. The molecule has 0 aliphatic heterocycles. The molecular formula is C18H14ClF7N2O2. The number of hydrogen-bond acceptors (Lipinski definition) is 4. The standard InChI is InChI=1S/C18H14ClF7N2O2/c1-29-14-7-3-5-12(15(14)30-10-11-4-2-6-13(19)8-11)9-27-28-18(25,26)16(20,21)17(22,23)24/h2-9,28H,10H2,1H3/b27-9-. The van der Waals surface area contributed by atoms with Gasteiger partial charge in [-0.25, -0.2) is 5.43 Å². The molecule has 4 nitrogen and oxygen atoms in total. The highest BCUT2D eigenvalue weighted by Crippen LogP contribution is 2.45. The number of alkyl halides is 7. The zero-order chi connectivity index (χ0) is 22.6. The lowest BCUT2D eigenvalue weighted by atomic mass is 10.2. The van der Waals surface area contributed by atoms with E-state index in [4.69, 9.17) is 21.1 Å². The molecule has 0 fully saturated rings. The van der Waals surface area contributed by atoms with Crippen LogP contribution in [0.15, 0.2) is 47.6 Å². The van der Waals surface area contributed by atoms with Crippen molar-refractivity contribution in [3.63, 3.8) is 0 Å². The molecule has 0 amide bonds. The van der Waals surface area contributed by atoms with E-state index in [0.717, 1.165) is 0 Å². The summed E-state index contributed by atoms with van der Waals surface area (Å²) < 4.78 is 99.6. The molecule has 0 bridgehead atoms. The van der Waals surface area contributed by atoms with Crippen LogP contribution in [0.2, 0.25) is 5.02 Å². The topological polar surface area (TPSA) is 42.8 Å². The Morgan fingerprint density at radius 1 is 1.03 bits per heavy atom. The van der Waals surface area contributed by atoms with Crippen LogP contribution in [-0.2, 0) is 6.61 Å². The Morgan fingerprint density at radius 2 is 1.70 bits per heavy atom. The molecule has 0 heterocycles. The highest BCUT2D eigenvalue weighted by Gasteiger charge is 2.73. The van der Waals surface area contributed by atoms with Gasteiger partial charge in [-0.15, -0.1) is 0 Å². The fraction of sp³-hybridized carbons (Fsp3) is 0.278. The molecule has 0 saturated carbocycles. The van der Waals surface area contributed by atoms with E-state index in [-0.39, 0.29) is 23.7 Å². The number of ether oxygens (including phenoxy) is 2. The van der Waals surface area contributed by atoms with Crippen molar-refractivity contribution in [3.05, 3.63) is 58.6 Å². The number of nitrogens with one attached hydrogen (secondary N) is 1. The van der Waals surface area contributed by atoms with E-state index < -0.39 is 18.1 Å². The van der Waals surface area contributed by atoms with Crippen LogP contribution >= 0.6 is 11.6 Å². The predicted octanol–water partition coefficient (Wildman–Crippen LogP) is 5.64. The van der Waals surface area contributed by atoms with Crippen LogP contribution in [0.3, 0.4) is 0 Å². The number of hydrogen-bond donors (Lipinski definition) is 1. The summed E-state index contributed by atoms with van der Waals surface area (Å²) in [4.78, 5) is 0. The van der Waals surface area contributed by atoms with Crippen molar-refractivity contribution in [3.8, 4) is 11.5 Å². The largest absolute Gasteiger partial charge is 0.493 e. The van der Waals surface area contributed by atoms with Gasteiger partial charge in [0.05, 0.1) is 13.3 Å². The summed E-state index contributed by atoms with van der Waals surface area (Å²) in [6, 6.07) is 5.10. The summed E-state index contributed by atoms with van der Waals surface area (Å²) in [5.41, 5.74) is 1.18. The number of para-hydroxylation sites is 1. The third-order valence-electron chi connectivity index (χ3n) is 3.66. The maximum atomic E-state index is 13.3. The molecule has 0 spiro atoms. The number of nitrogens with zero attached hydrogens (tertiary/aromatic N) is 1. The normalized spacial score (nSPS) is 12.8. The molecule has 1 N–H and O–H groups in total. The minimum atomic E-state index is -6.47. The van der Waals surface area contributed by atoms with E-state index in [1.807, 2.05) is 0 Å². The zero-order valence-electron chi connectivity index (χ0n) is 15.1. The fourth-order valence-electron chi connectivity index (χ4n) is 2.16. The molecule has 30 heavy (non-hydrogen) atoms. The van der Waals surface area contributed by atoms with E-state index in [1.165, 1.54) is 25.3 Å². The fourth-order valence-corrected chi connectivity index (χ4v) is 2.38. The summed E-state index contributed by atoms with van der Waals surface area (Å²) in [7, 11) is 1.29. The SMILES string of the molecule is COc1cccc(/C=N\NC(F)(F)C(F)(F)C(F)(F)F)c1OCc1cccc(Cl)c1. The summed E-state index contributed by atoms with van der Waals surface area (Å²) in [5.74, 6) is -6.19. The van der Waals surface area contributed by atoms with Gasteiger partial charge in [0.25, 0.3) is 0 Å². The minimum Gasteiger partial charge on any atom is -0.493 e. The number of hydrazone groups is 1. The Labute approximate surface area is 171 Å². The first-order chi connectivity index (χ1) is 13.9. The molecule has 0 saturated heterocycles.